The van der Waals surface area contributed by atoms with Crippen LogP contribution in [0.5, 0.6) is 0 Å². The first kappa shape index (κ1) is 10.1. The topological polar surface area (TPSA) is 0 Å². The first-order chi connectivity index (χ1) is 5.48. The minimum atomic E-state index is 0.628. The molecule has 0 aliphatic heterocycles. The van der Waals surface area contributed by atoms with Crippen molar-refractivity contribution in [1.29, 1.82) is 0 Å². The van der Waals surface area contributed by atoms with Gasteiger partial charge in [0.25, 0.3) is 0 Å². The Morgan fingerprint density at radius 1 is 1.42 bits per heavy atom. The highest BCUT2D eigenvalue weighted by atomic mass is 14.5. The van der Waals surface area contributed by atoms with Crippen LogP contribution in [-0.4, -0.2) is 0 Å². The fraction of sp³-hybridized carbons (Fsp3) is 1.00. The van der Waals surface area contributed by atoms with Gasteiger partial charge in [0.1, 0.15) is 0 Å². The fourth-order valence-electron chi connectivity index (χ4n) is 2.33. The lowest BCUT2D eigenvalue weighted by atomic mass is 9.53. The molecule has 0 bridgehead atoms. The van der Waals surface area contributed by atoms with Crippen molar-refractivity contribution in [2.75, 3.05) is 0 Å². The van der Waals surface area contributed by atoms with Crippen LogP contribution >= 0.6 is 0 Å². The van der Waals surface area contributed by atoms with Gasteiger partial charge >= 0.3 is 0 Å². The molecule has 0 N–H and O–H groups in total. The van der Waals surface area contributed by atoms with Crippen molar-refractivity contribution >= 4 is 0 Å². The first-order valence-corrected chi connectivity index (χ1v) is 5.48. The van der Waals surface area contributed by atoms with Crippen LogP contribution in [0, 0.1) is 23.2 Å². The van der Waals surface area contributed by atoms with Gasteiger partial charge in [0, 0.05) is 0 Å². The van der Waals surface area contributed by atoms with Gasteiger partial charge in [-0.05, 0) is 36.0 Å². The summed E-state index contributed by atoms with van der Waals surface area (Å²) < 4.78 is 0. The van der Waals surface area contributed by atoms with Gasteiger partial charge in [-0.3, -0.25) is 0 Å². The Morgan fingerprint density at radius 2 is 2.00 bits per heavy atom. The predicted octanol–water partition coefficient (Wildman–Crippen LogP) is 4.10. The molecule has 0 heteroatoms. The second-order valence-electron chi connectivity index (χ2n) is 5.40. The Kier molecular flexibility index (Phi) is 2.85. The SMILES string of the molecule is CCC(C)CC1CC(C)C1(C)C. The summed E-state index contributed by atoms with van der Waals surface area (Å²) in [6, 6.07) is 0. The zero-order valence-electron chi connectivity index (χ0n) is 9.35. The van der Waals surface area contributed by atoms with Crippen LogP contribution in [0.2, 0.25) is 0 Å². The maximum absolute atomic E-state index is 2.44. The summed E-state index contributed by atoms with van der Waals surface area (Å²) in [6.45, 7) is 12.0. The van der Waals surface area contributed by atoms with Gasteiger partial charge in [0.15, 0.2) is 0 Å². The van der Waals surface area contributed by atoms with E-state index in [1.165, 1.54) is 19.3 Å². The summed E-state index contributed by atoms with van der Waals surface area (Å²) in [6.07, 6.45) is 4.27. The Bertz CT molecular complexity index is 146. The maximum atomic E-state index is 2.44. The molecule has 0 heterocycles. The van der Waals surface area contributed by atoms with E-state index in [0.29, 0.717) is 5.41 Å². The van der Waals surface area contributed by atoms with Crippen molar-refractivity contribution in [3.05, 3.63) is 0 Å². The molecule has 0 nitrogen and oxygen atoms in total. The molecule has 1 saturated carbocycles. The van der Waals surface area contributed by atoms with Gasteiger partial charge in [0.2, 0.25) is 0 Å². The van der Waals surface area contributed by atoms with E-state index in [0.717, 1.165) is 17.8 Å². The molecule has 0 amide bonds. The van der Waals surface area contributed by atoms with Crippen molar-refractivity contribution in [3.8, 4) is 0 Å². The van der Waals surface area contributed by atoms with E-state index in [1.54, 1.807) is 0 Å². The lowest BCUT2D eigenvalue weighted by molar-refractivity contribution is -0.0220. The molecular formula is C12H24. The van der Waals surface area contributed by atoms with E-state index in [2.05, 4.69) is 34.6 Å². The molecule has 12 heavy (non-hydrogen) atoms. The van der Waals surface area contributed by atoms with Crippen LogP contribution in [0.1, 0.15) is 53.9 Å². The summed E-state index contributed by atoms with van der Waals surface area (Å²) in [7, 11) is 0. The lowest BCUT2D eigenvalue weighted by Gasteiger charge is -2.52. The number of rotatable bonds is 3. The van der Waals surface area contributed by atoms with E-state index in [9.17, 15) is 0 Å². The van der Waals surface area contributed by atoms with Crippen LogP contribution < -0.4 is 0 Å². The van der Waals surface area contributed by atoms with Gasteiger partial charge in [-0.2, -0.15) is 0 Å². The Labute approximate surface area is 77.7 Å². The Hall–Kier alpha value is 0. The van der Waals surface area contributed by atoms with Crippen molar-refractivity contribution in [2.45, 2.75) is 53.9 Å². The molecule has 0 aromatic rings. The normalized spacial score (nSPS) is 35.8. The average molecular weight is 168 g/mol. The molecule has 72 valence electrons. The summed E-state index contributed by atoms with van der Waals surface area (Å²) in [5.74, 6) is 2.88. The van der Waals surface area contributed by atoms with Gasteiger partial charge in [0.05, 0.1) is 0 Å². The molecule has 3 unspecified atom stereocenters. The minimum Gasteiger partial charge on any atom is -0.0651 e. The largest absolute Gasteiger partial charge is 0.0651 e. The van der Waals surface area contributed by atoms with Crippen LogP contribution in [0.15, 0.2) is 0 Å². The second kappa shape index (κ2) is 3.40. The third-order valence-corrected chi connectivity index (χ3v) is 4.34. The highest BCUT2D eigenvalue weighted by Crippen LogP contribution is 2.53. The van der Waals surface area contributed by atoms with Crippen LogP contribution in [-0.2, 0) is 0 Å². The van der Waals surface area contributed by atoms with Crippen LogP contribution in [0.25, 0.3) is 0 Å². The van der Waals surface area contributed by atoms with E-state index in [1.807, 2.05) is 0 Å². The average Bonchev–Trinajstić information content (AvgIpc) is 2.03. The number of hydrogen-bond acceptors (Lipinski definition) is 0. The summed E-state index contributed by atoms with van der Waals surface area (Å²) in [4.78, 5) is 0. The molecule has 3 atom stereocenters. The summed E-state index contributed by atoms with van der Waals surface area (Å²) >= 11 is 0. The molecular weight excluding hydrogens is 144 g/mol. The van der Waals surface area contributed by atoms with Crippen molar-refractivity contribution in [1.82, 2.24) is 0 Å². The third kappa shape index (κ3) is 1.67. The quantitative estimate of drug-likeness (QED) is 0.595. The zero-order chi connectivity index (χ0) is 9.35. The molecule has 1 aliphatic carbocycles. The first-order valence-electron chi connectivity index (χ1n) is 5.48. The smallest absolute Gasteiger partial charge is 0.0300 e. The summed E-state index contributed by atoms with van der Waals surface area (Å²) in [5, 5.41) is 0. The van der Waals surface area contributed by atoms with E-state index >= 15 is 0 Å². The van der Waals surface area contributed by atoms with Gasteiger partial charge in [-0.15, -0.1) is 0 Å². The van der Waals surface area contributed by atoms with Gasteiger partial charge < -0.3 is 0 Å². The molecule has 1 rings (SSSR count). The monoisotopic (exact) mass is 168 g/mol. The predicted molar refractivity (Wildman–Crippen MR) is 55.1 cm³/mol. The molecule has 1 fully saturated rings. The van der Waals surface area contributed by atoms with Crippen molar-refractivity contribution < 1.29 is 0 Å². The molecule has 1 aliphatic rings. The Balaban J connectivity index is 2.37. The van der Waals surface area contributed by atoms with E-state index in [4.69, 9.17) is 0 Å². The molecule has 0 saturated heterocycles. The molecule has 0 radical (unpaired) electrons. The Morgan fingerprint density at radius 3 is 2.33 bits per heavy atom. The molecule has 0 aromatic heterocycles. The number of hydrogen-bond donors (Lipinski definition) is 0. The van der Waals surface area contributed by atoms with E-state index < -0.39 is 0 Å². The highest BCUT2D eigenvalue weighted by molar-refractivity contribution is 4.94. The standard InChI is InChI=1S/C12H24/c1-6-9(2)7-11-8-10(3)12(11,4)5/h9-11H,6-8H2,1-5H3. The molecule has 0 aromatic carbocycles. The lowest BCUT2D eigenvalue weighted by Crippen LogP contribution is -2.43. The van der Waals surface area contributed by atoms with Crippen LogP contribution in [0.3, 0.4) is 0 Å². The third-order valence-electron chi connectivity index (χ3n) is 4.34. The second-order valence-corrected chi connectivity index (χ2v) is 5.40. The summed E-state index contributed by atoms with van der Waals surface area (Å²) in [5.41, 5.74) is 0.628. The highest BCUT2D eigenvalue weighted by Gasteiger charge is 2.44. The zero-order valence-corrected chi connectivity index (χ0v) is 9.35. The van der Waals surface area contributed by atoms with Crippen LogP contribution in [0.4, 0.5) is 0 Å². The maximum Gasteiger partial charge on any atom is -0.0300 e. The van der Waals surface area contributed by atoms with Crippen molar-refractivity contribution in [3.63, 3.8) is 0 Å². The minimum absolute atomic E-state index is 0.628. The van der Waals surface area contributed by atoms with E-state index in [-0.39, 0.29) is 0 Å². The van der Waals surface area contributed by atoms with Gasteiger partial charge in [-0.25, -0.2) is 0 Å². The van der Waals surface area contributed by atoms with Crippen molar-refractivity contribution in [2.24, 2.45) is 23.2 Å². The fourth-order valence-corrected chi connectivity index (χ4v) is 2.33. The van der Waals surface area contributed by atoms with Gasteiger partial charge in [-0.1, -0.05) is 41.0 Å². The molecule has 0 spiro atoms.